The number of amides is 1. The summed E-state index contributed by atoms with van der Waals surface area (Å²) in [4.78, 5) is 31.6. The number of rotatable bonds is 12. The number of carboxylic acids is 1. The molecule has 1 aromatic heterocycles. The molecule has 9 heteroatoms. The summed E-state index contributed by atoms with van der Waals surface area (Å²) >= 11 is 0. The highest BCUT2D eigenvalue weighted by atomic mass is 16.5. The third-order valence-electron chi connectivity index (χ3n) is 7.62. The fraction of sp³-hybridized carbons (Fsp3) is 0.741. The fourth-order valence-corrected chi connectivity index (χ4v) is 5.59. The van der Waals surface area contributed by atoms with Crippen LogP contribution < -0.4 is 10.6 Å². The first-order valence-corrected chi connectivity index (χ1v) is 13.5. The van der Waals surface area contributed by atoms with Crippen LogP contribution in [0.2, 0.25) is 0 Å². The number of nitrogens with one attached hydrogen (secondary N) is 2. The van der Waals surface area contributed by atoms with Crippen LogP contribution >= 0.6 is 0 Å². The van der Waals surface area contributed by atoms with Gasteiger partial charge in [0.1, 0.15) is 6.04 Å². The van der Waals surface area contributed by atoms with Gasteiger partial charge in [-0.1, -0.05) is 6.07 Å². The Morgan fingerprint density at radius 2 is 2.06 bits per heavy atom. The lowest BCUT2D eigenvalue weighted by Crippen LogP contribution is -2.54. The van der Waals surface area contributed by atoms with Crippen LogP contribution in [0.25, 0.3) is 0 Å². The predicted molar refractivity (Wildman–Crippen MR) is 136 cm³/mol. The number of carbonyl (C=O) groups is 2. The summed E-state index contributed by atoms with van der Waals surface area (Å²) in [5, 5.41) is 25.8. The topological polar surface area (TPSA) is 124 Å². The Bertz CT molecular complexity index is 912. The van der Waals surface area contributed by atoms with Crippen LogP contribution in [0.1, 0.15) is 62.9 Å². The number of aliphatic carboxylic acids is 1. The van der Waals surface area contributed by atoms with Crippen molar-refractivity contribution in [3.63, 3.8) is 0 Å². The van der Waals surface area contributed by atoms with E-state index in [0.29, 0.717) is 39.0 Å². The summed E-state index contributed by atoms with van der Waals surface area (Å²) < 4.78 is 6.00. The number of nitrogens with zero attached hydrogens (tertiary/aromatic N) is 2. The van der Waals surface area contributed by atoms with Gasteiger partial charge < -0.3 is 25.6 Å². The quantitative estimate of drug-likeness (QED) is 0.337. The summed E-state index contributed by atoms with van der Waals surface area (Å²) in [7, 11) is 0. The number of carbonyl (C=O) groups excluding carboxylic acids is 1. The lowest BCUT2D eigenvalue weighted by atomic mass is 9.90. The van der Waals surface area contributed by atoms with Crippen LogP contribution in [0.4, 0.5) is 0 Å². The van der Waals surface area contributed by atoms with Gasteiger partial charge in [-0.3, -0.25) is 14.7 Å². The molecule has 3 aliphatic rings. The number of carboxylic acid groups (broad SMARTS) is 1. The molecular formula is C27H42N4O5. The number of aryl methyl sites for hydroxylation is 2. The van der Waals surface area contributed by atoms with Crippen LogP contribution in [-0.2, 0) is 33.6 Å². The van der Waals surface area contributed by atoms with Crippen molar-refractivity contribution in [3.8, 4) is 0 Å². The minimum atomic E-state index is -1.01. The molecule has 3 atom stereocenters. The molecule has 1 aliphatic carbocycles. The highest BCUT2D eigenvalue weighted by Gasteiger charge is 2.37. The summed E-state index contributed by atoms with van der Waals surface area (Å²) in [5.41, 5.74) is 2.85. The number of pyridine rings is 1. The monoisotopic (exact) mass is 502 g/mol. The Kier molecular flexibility index (Phi) is 8.98. The Balaban J connectivity index is 1.14. The molecule has 36 heavy (non-hydrogen) atoms. The van der Waals surface area contributed by atoms with Crippen molar-refractivity contribution >= 4 is 11.9 Å². The van der Waals surface area contributed by atoms with Gasteiger partial charge in [0.05, 0.1) is 24.2 Å². The Morgan fingerprint density at radius 1 is 1.28 bits per heavy atom. The van der Waals surface area contributed by atoms with Crippen LogP contribution in [-0.4, -0.2) is 88.5 Å². The minimum absolute atomic E-state index is 0.149. The zero-order chi connectivity index (χ0) is 25.7. The summed E-state index contributed by atoms with van der Waals surface area (Å²) in [5.74, 6) is -1.59. The third-order valence-corrected chi connectivity index (χ3v) is 7.62. The number of aromatic nitrogens is 1. The van der Waals surface area contributed by atoms with E-state index >= 15 is 0 Å². The van der Waals surface area contributed by atoms with Crippen molar-refractivity contribution in [1.29, 1.82) is 0 Å². The maximum atomic E-state index is 12.8. The lowest BCUT2D eigenvalue weighted by Gasteiger charge is -2.39. The van der Waals surface area contributed by atoms with Crippen LogP contribution in [0.5, 0.6) is 0 Å². The molecule has 1 amide bonds. The van der Waals surface area contributed by atoms with Crippen molar-refractivity contribution in [2.24, 2.45) is 5.92 Å². The third kappa shape index (κ3) is 7.47. The van der Waals surface area contributed by atoms with E-state index in [-0.39, 0.29) is 24.0 Å². The second-order valence-electron chi connectivity index (χ2n) is 11.3. The summed E-state index contributed by atoms with van der Waals surface area (Å²) in [6.07, 6.45) is 7.12. The van der Waals surface area contributed by atoms with Crippen molar-refractivity contribution in [3.05, 3.63) is 29.1 Å². The Hall–Kier alpha value is -2.07. The van der Waals surface area contributed by atoms with E-state index in [9.17, 15) is 19.8 Å². The molecule has 1 aromatic rings. The smallest absolute Gasteiger partial charge is 0.326 e. The SMILES string of the molecule is CC(C)(O)CC1NCCC1C(=O)N[C@@H](CCN1CC(OCCc2ccc3c(n2)CCCC3)C1)C(=O)O. The van der Waals surface area contributed by atoms with Gasteiger partial charge >= 0.3 is 5.97 Å². The molecule has 0 spiro atoms. The molecular weight excluding hydrogens is 460 g/mol. The molecule has 4 N–H and O–H groups in total. The maximum absolute atomic E-state index is 12.8. The second kappa shape index (κ2) is 12.0. The van der Waals surface area contributed by atoms with Crippen molar-refractivity contribution in [2.75, 3.05) is 32.8 Å². The first-order valence-electron chi connectivity index (χ1n) is 13.5. The van der Waals surface area contributed by atoms with Gasteiger partial charge in [0, 0.05) is 43.5 Å². The van der Waals surface area contributed by atoms with Gasteiger partial charge in [0.15, 0.2) is 0 Å². The summed E-state index contributed by atoms with van der Waals surface area (Å²) in [6.45, 7) is 6.91. The zero-order valence-corrected chi connectivity index (χ0v) is 21.7. The van der Waals surface area contributed by atoms with E-state index < -0.39 is 17.6 Å². The van der Waals surface area contributed by atoms with Gasteiger partial charge in [0.25, 0.3) is 0 Å². The van der Waals surface area contributed by atoms with E-state index in [1.807, 2.05) is 0 Å². The van der Waals surface area contributed by atoms with E-state index in [1.54, 1.807) is 13.8 Å². The number of likely N-dealkylation sites (tertiary alicyclic amines) is 1. The van der Waals surface area contributed by atoms with Gasteiger partial charge in [0.2, 0.25) is 5.91 Å². The molecule has 9 nitrogen and oxygen atoms in total. The molecule has 2 saturated heterocycles. The molecule has 3 heterocycles. The highest BCUT2D eigenvalue weighted by molar-refractivity contribution is 5.85. The maximum Gasteiger partial charge on any atom is 0.326 e. The van der Waals surface area contributed by atoms with Crippen molar-refractivity contribution in [2.45, 2.75) is 89.0 Å². The van der Waals surface area contributed by atoms with Gasteiger partial charge in [-0.25, -0.2) is 4.79 Å². The molecule has 2 unspecified atom stereocenters. The van der Waals surface area contributed by atoms with Crippen molar-refractivity contribution < 1.29 is 24.5 Å². The first kappa shape index (κ1) is 27.0. The number of fused-ring (bicyclic) bond motifs is 1. The molecule has 0 bridgehead atoms. The number of hydrogen-bond donors (Lipinski definition) is 4. The molecule has 2 fully saturated rings. The van der Waals surface area contributed by atoms with E-state index in [0.717, 1.165) is 38.0 Å². The molecule has 0 radical (unpaired) electrons. The average molecular weight is 503 g/mol. The molecule has 4 rings (SSSR count). The van der Waals surface area contributed by atoms with Crippen LogP contribution in [0.3, 0.4) is 0 Å². The van der Waals surface area contributed by atoms with Gasteiger partial charge in [-0.15, -0.1) is 0 Å². The Morgan fingerprint density at radius 3 is 2.81 bits per heavy atom. The summed E-state index contributed by atoms with van der Waals surface area (Å²) in [6, 6.07) is 3.27. The lowest BCUT2D eigenvalue weighted by molar-refractivity contribution is -0.143. The fourth-order valence-electron chi connectivity index (χ4n) is 5.59. The number of hydrogen-bond acceptors (Lipinski definition) is 7. The second-order valence-corrected chi connectivity index (χ2v) is 11.3. The van der Waals surface area contributed by atoms with E-state index in [2.05, 4.69) is 27.7 Å². The standard InChI is InChI=1S/C27H42N4O5/c1-27(2,35)15-24-21(9-12-28-24)25(32)30-23(26(33)34)10-13-31-16-20(17-31)36-14-11-19-8-7-18-5-3-4-6-22(18)29-19/h7-8,20-21,23-24,28,35H,3-6,9-17H2,1-2H3,(H,30,32)(H,33,34)/t21?,23-,24?/m0/s1. The van der Waals surface area contributed by atoms with Gasteiger partial charge in [-0.05, 0) is 77.0 Å². The highest BCUT2D eigenvalue weighted by Crippen LogP contribution is 2.24. The average Bonchev–Trinajstić information content (AvgIpc) is 3.25. The molecule has 0 aromatic carbocycles. The Labute approximate surface area is 214 Å². The minimum Gasteiger partial charge on any atom is -0.480 e. The van der Waals surface area contributed by atoms with Crippen LogP contribution in [0, 0.1) is 5.92 Å². The van der Waals surface area contributed by atoms with E-state index in [1.165, 1.54) is 24.1 Å². The van der Waals surface area contributed by atoms with E-state index in [4.69, 9.17) is 9.72 Å². The molecule has 200 valence electrons. The number of ether oxygens (including phenoxy) is 1. The van der Waals surface area contributed by atoms with Gasteiger partial charge in [-0.2, -0.15) is 0 Å². The normalized spacial score (nSPS) is 23.6. The first-order chi connectivity index (χ1) is 17.2. The van der Waals surface area contributed by atoms with Crippen molar-refractivity contribution in [1.82, 2.24) is 20.5 Å². The molecule has 2 aliphatic heterocycles. The largest absolute Gasteiger partial charge is 0.480 e. The molecule has 0 saturated carbocycles. The zero-order valence-electron chi connectivity index (χ0n) is 21.7. The number of aliphatic hydroxyl groups is 1. The predicted octanol–water partition coefficient (Wildman–Crippen LogP) is 1.30. The van der Waals surface area contributed by atoms with Crippen LogP contribution in [0.15, 0.2) is 12.1 Å².